The van der Waals surface area contributed by atoms with Gasteiger partial charge in [-0.15, -0.1) is 0 Å². The largest absolute Gasteiger partial charge is 0.454 e. The molecule has 0 radical (unpaired) electrons. The number of hydrogen-bond donors (Lipinski definition) is 1. The Labute approximate surface area is 174 Å². The number of rotatable bonds is 7. The van der Waals surface area contributed by atoms with Crippen LogP contribution in [-0.2, 0) is 14.2 Å². The first kappa shape index (κ1) is 19.4. The lowest BCUT2D eigenvalue weighted by atomic mass is 9.82. The molecule has 160 valence electrons. The van der Waals surface area contributed by atoms with Crippen LogP contribution in [0.3, 0.4) is 0 Å². The van der Waals surface area contributed by atoms with Crippen molar-refractivity contribution in [2.24, 2.45) is 11.8 Å². The Morgan fingerprint density at radius 1 is 0.967 bits per heavy atom. The Morgan fingerprint density at radius 2 is 1.67 bits per heavy atom. The van der Waals surface area contributed by atoms with E-state index in [1.54, 1.807) is 7.11 Å². The van der Waals surface area contributed by atoms with Gasteiger partial charge in [-0.05, 0) is 35.4 Å². The van der Waals surface area contributed by atoms with Crippen molar-refractivity contribution in [1.82, 2.24) is 0 Å². The van der Waals surface area contributed by atoms with E-state index in [2.05, 4.69) is 0 Å². The minimum Gasteiger partial charge on any atom is -0.454 e. The van der Waals surface area contributed by atoms with Crippen LogP contribution < -0.4 is 18.9 Å². The van der Waals surface area contributed by atoms with Crippen LogP contribution >= 0.6 is 0 Å². The molecule has 5 rings (SSSR count). The molecule has 0 spiro atoms. The number of methoxy groups -OCH3 is 1. The third-order valence-electron chi connectivity index (χ3n) is 5.82. The molecule has 1 fully saturated rings. The van der Waals surface area contributed by atoms with Crippen molar-refractivity contribution in [3.8, 4) is 23.0 Å². The fourth-order valence-electron chi connectivity index (χ4n) is 4.36. The van der Waals surface area contributed by atoms with Gasteiger partial charge in [-0.1, -0.05) is 12.1 Å². The quantitative estimate of drug-likeness (QED) is 0.690. The maximum atomic E-state index is 10.3. The SMILES string of the molecule is COCO[C@H](c1ccc2c(c1)OCO2)[C@@H]1CO[C@H](c2ccc3c(c2)OCO3)[C@H]1CO. The zero-order valence-electron chi connectivity index (χ0n) is 16.6. The lowest BCUT2D eigenvalue weighted by Gasteiger charge is -2.28. The average Bonchev–Trinajstić information content (AvgIpc) is 3.51. The molecule has 2 aromatic carbocycles. The van der Waals surface area contributed by atoms with E-state index in [1.165, 1.54) is 0 Å². The molecule has 0 bridgehead atoms. The average molecular weight is 416 g/mol. The molecule has 1 saturated heterocycles. The molecule has 30 heavy (non-hydrogen) atoms. The molecule has 0 unspecified atom stereocenters. The maximum Gasteiger partial charge on any atom is 0.231 e. The molecule has 0 aromatic heterocycles. The van der Waals surface area contributed by atoms with Crippen molar-refractivity contribution in [3.63, 3.8) is 0 Å². The van der Waals surface area contributed by atoms with Gasteiger partial charge in [0.2, 0.25) is 13.6 Å². The molecular formula is C22H24O8. The molecule has 3 aliphatic rings. The third kappa shape index (κ3) is 3.45. The van der Waals surface area contributed by atoms with E-state index in [1.807, 2.05) is 36.4 Å². The summed E-state index contributed by atoms with van der Waals surface area (Å²) in [5, 5.41) is 10.3. The second-order valence-electron chi connectivity index (χ2n) is 7.48. The number of aliphatic hydroxyl groups is 1. The van der Waals surface area contributed by atoms with Gasteiger partial charge in [0.1, 0.15) is 6.79 Å². The Bertz CT molecular complexity index is 901. The fraction of sp³-hybridized carbons (Fsp3) is 0.455. The number of ether oxygens (including phenoxy) is 7. The molecule has 8 heteroatoms. The Kier molecular flexibility index (Phi) is 5.39. The summed E-state index contributed by atoms with van der Waals surface area (Å²) in [6.45, 7) is 0.949. The zero-order valence-corrected chi connectivity index (χ0v) is 16.6. The first-order valence-corrected chi connectivity index (χ1v) is 9.90. The zero-order chi connectivity index (χ0) is 20.5. The monoisotopic (exact) mass is 416 g/mol. The summed E-state index contributed by atoms with van der Waals surface area (Å²) in [6.07, 6.45) is -0.618. The summed E-state index contributed by atoms with van der Waals surface area (Å²) in [5.74, 6) is 2.56. The predicted molar refractivity (Wildman–Crippen MR) is 104 cm³/mol. The standard InChI is InChI=1S/C22H24O8/c1-24-10-30-22(14-3-5-18-20(7-14)29-12-27-18)16-9-25-21(15(16)8-23)13-2-4-17-19(6-13)28-11-26-17/h2-7,15-16,21-23H,8-12H2,1H3/t15-,16+,21+,22+/m0/s1. The van der Waals surface area contributed by atoms with Crippen LogP contribution in [0.25, 0.3) is 0 Å². The van der Waals surface area contributed by atoms with Gasteiger partial charge in [0, 0.05) is 25.6 Å². The molecule has 8 nitrogen and oxygen atoms in total. The van der Waals surface area contributed by atoms with Gasteiger partial charge in [-0.25, -0.2) is 0 Å². The van der Waals surface area contributed by atoms with Crippen LogP contribution in [0.2, 0.25) is 0 Å². The summed E-state index contributed by atoms with van der Waals surface area (Å²) < 4.78 is 39.2. The summed E-state index contributed by atoms with van der Waals surface area (Å²) >= 11 is 0. The van der Waals surface area contributed by atoms with Crippen molar-refractivity contribution < 1.29 is 38.3 Å². The van der Waals surface area contributed by atoms with Gasteiger partial charge >= 0.3 is 0 Å². The molecule has 0 aliphatic carbocycles. The number of hydrogen-bond acceptors (Lipinski definition) is 8. The van der Waals surface area contributed by atoms with Gasteiger partial charge in [0.05, 0.1) is 18.8 Å². The molecule has 3 heterocycles. The van der Waals surface area contributed by atoms with Crippen molar-refractivity contribution in [2.75, 3.05) is 40.7 Å². The van der Waals surface area contributed by atoms with Crippen molar-refractivity contribution in [2.45, 2.75) is 12.2 Å². The van der Waals surface area contributed by atoms with Gasteiger partial charge < -0.3 is 38.3 Å². The minimum atomic E-state index is -0.337. The minimum absolute atomic E-state index is 0.0405. The Hall–Kier alpha value is -2.52. The van der Waals surface area contributed by atoms with Crippen LogP contribution in [0.4, 0.5) is 0 Å². The second-order valence-corrected chi connectivity index (χ2v) is 7.48. The first-order valence-electron chi connectivity index (χ1n) is 9.90. The molecule has 4 atom stereocenters. The van der Waals surface area contributed by atoms with Crippen molar-refractivity contribution >= 4 is 0 Å². The summed E-state index contributed by atoms with van der Waals surface area (Å²) in [5.41, 5.74) is 1.87. The molecule has 0 amide bonds. The highest BCUT2D eigenvalue weighted by atomic mass is 16.7. The fourth-order valence-corrected chi connectivity index (χ4v) is 4.36. The van der Waals surface area contributed by atoms with E-state index in [4.69, 9.17) is 33.2 Å². The number of aliphatic hydroxyl groups excluding tert-OH is 1. The smallest absolute Gasteiger partial charge is 0.231 e. The second kappa shape index (κ2) is 8.31. The van der Waals surface area contributed by atoms with E-state index in [0.29, 0.717) is 23.9 Å². The van der Waals surface area contributed by atoms with Crippen LogP contribution in [-0.4, -0.2) is 45.8 Å². The molecule has 2 aromatic rings. The molecule has 0 saturated carbocycles. The third-order valence-corrected chi connectivity index (χ3v) is 5.82. The Balaban J connectivity index is 1.42. The number of benzene rings is 2. The molecular weight excluding hydrogens is 392 g/mol. The van der Waals surface area contributed by atoms with Crippen LogP contribution in [0.1, 0.15) is 23.3 Å². The first-order chi connectivity index (χ1) is 14.8. The van der Waals surface area contributed by atoms with Gasteiger partial charge in [-0.2, -0.15) is 0 Å². The van der Waals surface area contributed by atoms with Gasteiger partial charge in [-0.3, -0.25) is 0 Å². The normalized spacial score (nSPS) is 24.9. The van der Waals surface area contributed by atoms with Crippen molar-refractivity contribution in [3.05, 3.63) is 47.5 Å². The topological polar surface area (TPSA) is 84.8 Å². The predicted octanol–water partition coefficient (Wildman–Crippen LogP) is 2.80. The highest BCUT2D eigenvalue weighted by Gasteiger charge is 2.43. The van der Waals surface area contributed by atoms with E-state index in [9.17, 15) is 5.11 Å². The van der Waals surface area contributed by atoms with Crippen molar-refractivity contribution in [1.29, 1.82) is 0 Å². The summed E-state index contributed by atoms with van der Waals surface area (Å²) in [4.78, 5) is 0. The van der Waals surface area contributed by atoms with E-state index in [-0.39, 0.29) is 51.0 Å². The van der Waals surface area contributed by atoms with Crippen LogP contribution in [0, 0.1) is 11.8 Å². The van der Waals surface area contributed by atoms with Crippen LogP contribution in [0.15, 0.2) is 36.4 Å². The highest BCUT2D eigenvalue weighted by Crippen LogP contribution is 2.48. The Morgan fingerprint density at radius 3 is 2.40 bits per heavy atom. The lowest BCUT2D eigenvalue weighted by molar-refractivity contribution is -0.101. The van der Waals surface area contributed by atoms with Gasteiger partial charge in [0.25, 0.3) is 0 Å². The molecule has 3 aliphatic heterocycles. The maximum absolute atomic E-state index is 10.3. The number of fused-ring (bicyclic) bond motifs is 2. The van der Waals surface area contributed by atoms with Gasteiger partial charge in [0.15, 0.2) is 23.0 Å². The van der Waals surface area contributed by atoms with Crippen LogP contribution in [0.5, 0.6) is 23.0 Å². The van der Waals surface area contributed by atoms with E-state index >= 15 is 0 Å². The highest BCUT2D eigenvalue weighted by molar-refractivity contribution is 5.46. The van der Waals surface area contributed by atoms with E-state index < -0.39 is 0 Å². The van der Waals surface area contributed by atoms with E-state index in [0.717, 1.165) is 16.9 Å². The lowest BCUT2D eigenvalue weighted by Crippen LogP contribution is -2.27. The summed E-state index contributed by atoms with van der Waals surface area (Å²) in [6, 6.07) is 11.5. The molecule has 1 N–H and O–H groups in total. The summed E-state index contributed by atoms with van der Waals surface area (Å²) in [7, 11) is 1.58.